The molecular formula is C16H24FN. The van der Waals surface area contributed by atoms with E-state index in [-0.39, 0.29) is 5.82 Å². The van der Waals surface area contributed by atoms with Gasteiger partial charge in [0.25, 0.3) is 0 Å². The van der Waals surface area contributed by atoms with E-state index in [1.807, 2.05) is 12.1 Å². The zero-order valence-corrected chi connectivity index (χ0v) is 11.5. The summed E-state index contributed by atoms with van der Waals surface area (Å²) in [5.41, 5.74) is 1.20. The van der Waals surface area contributed by atoms with Gasteiger partial charge >= 0.3 is 0 Å². The summed E-state index contributed by atoms with van der Waals surface area (Å²) in [7, 11) is 0. The summed E-state index contributed by atoms with van der Waals surface area (Å²) < 4.78 is 12.8. The minimum Gasteiger partial charge on any atom is -0.314 e. The second-order valence-electron chi connectivity index (χ2n) is 5.92. The highest BCUT2D eigenvalue weighted by atomic mass is 19.1. The highest BCUT2D eigenvalue weighted by Crippen LogP contribution is 2.29. The number of benzene rings is 1. The quantitative estimate of drug-likeness (QED) is 0.837. The predicted molar refractivity (Wildman–Crippen MR) is 74.1 cm³/mol. The highest BCUT2D eigenvalue weighted by Gasteiger charge is 2.21. The lowest BCUT2D eigenvalue weighted by atomic mass is 10.0. The summed E-state index contributed by atoms with van der Waals surface area (Å²) >= 11 is 0. The molecule has 0 bridgehead atoms. The maximum Gasteiger partial charge on any atom is 0.123 e. The summed E-state index contributed by atoms with van der Waals surface area (Å²) in [5, 5.41) is 3.61. The van der Waals surface area contributed by atoms with Crippen LogP contribution in [0.25, 0.3) is 0 Å². The van der Waals surface area contributed by atoms with E-state index in [1.54, 1.807) is 12.1 Å². The Balaban J connectivity index is 1.71. The van der Waals surface area contributed by atoms with Gasteiger partial charge in [-0.05, 0) is 62.3 Å². The molecule has 1 fully saturated rings. The zero-order valence-electron chi connectivity index (χ0n) is 11.5. The van der Waals surface area contributed by atoms with Gasteiger partial charge in [-0.1, -0.05) is 25.5 Å². The Hall–Kier alpha value is -0.890. The molecule has 2 heteroatoms. The molecule has 0 heterocycles. The van der Waals surface area contributed by atoms with Crippen LogP contribution in [0.15, 0.2) is 24.3 Å². The third-order valence-electron chi connectivity index (χ3n) is 4.01. The van der Waals surface area contributed by atoms with Gasteiger partial charge in [0.2, 0.25) is 0 Å². The van der Waals surface area contributed by atoms with Gasteiger partial charge in [0, 0.05) is 6.04 Å². The minimum absolute atomic E-state index is 0.153. The topological polar surface area (TPSA) is 12.0 Å². The van der Waals surface area contributed by atoms with Crippen LogP contribution in [0, 0.1) is 17.7 Å². The molecule has 0 aliphatic heterocycles. The van der Waals surface area contributed by atoms with Crippen molar-refractivity contribution in [2.45, 2.75) is 45.6 Å². The SMILES string of the molecule is CC1CCC(CNC(C)Cc2ccc(F)cc2)C1. The van der Waals surface area contributed by atoms with Crippen molar-refractivity contribution in [3.63, 3.8) is 0 Å². The smallest absolute Gasteiger partial charge is 0.123 e. The van der Waals surface area contributed by atoms with E-state index in [0.29, 0.717) is 6.04 Å². The van der Waals surface area contributed by atoms with Gasteiger partial charge in [0.05, 0.1) is 0 Å². The molecule has 18 heavy (non-hydrogen) atoms. The van der Waals surface area contributed by atoms with Crippen LogP contribution in [0.1, 0.15) is 38.7 Å². The predicted octanol–water partition coefficient (Wildman–Crippen LogP) is 3.78. The standard InChI is InChI=1S/C16H24FN/c1-12-3-4-15(9-12)11-18-13(2)10-14-5-7-16(17)8-6-14/h5-8,12-13,15,18H,3-4,9-11H2,1-2H3. The third-order valence-corrected chi connectivity index (χ3v) is 4.01. The van der Waals surface area contributed by atoms with Crippen molar-refractivity contribution in [1.82, 2.24) is 5.32 Å². The molecular weight excluding hydrogens is 225 g/mol. The molecule has 3 unspecified atom stereocenters. The molecule has 1 aromatic carbocycles. The molecule has 0 aromatic heterocycles. The lowest BCUT2D eigenvalue weighted by Gasteiger charge is -2.17. The van der Waals surface area contributed by atoms with Gasteiger partial charge in [0.1, 0.15) is 5.82 Å². The van der Waals surface area contributed by atoms with E-state index < -0.39 is 0 Å². The van der Waals surface area contributed by atoms with Crippen LogP contribution >= 0.6 is 0 Å². The number of hydrogen-bond acceptors (Lipinski definition) is 1. The first-order valence-corrected chi connectivity index (χ1v) is 7.11. The van der Waals surface area contributed by atoms with Crippen LogP contribution in [0.2, 0.25) is 0 Å². The van der Waals surface area contributed by atoms with Crippen LogP contribution in [-0.2, 0) is 6.42 Å². The lowest BCUT2D eigenvalue weighted by Crippen LogP contribution is -2.32. The molecule has 0 spiro atoms. The van der Waals surface area contributed by atoms with Crippen molar-refractivity contribution in [2.24, 2.45) is 11.8 Å². The largest absolute Gasteiger partial charge is 0.314 e. The fourth-order valence-electron chi connectivity index (χ4n) is 2.92. The number of halogens is 1. The summed E-state index contributed by atoms with van der Waals surface area (Å²) in [5.74, 6) is 1.61. The molecule has 2 rings (SSSR count). The molecule has 0 saturated heterocycles. The van der Waals surface area contributed by atoms with Crippen LogP contribution in [0.5, 0.6) is 0 Å². The van der Waals surface area contributed by atoms with E-state index >= 15 is 0 Å². The second kappa shape index (κ2) is 6.33. The van der Waals surface area contributed by atoms with Crippen LogP contribution in [0.3, 0.4) is 0 Å². The number of nitrogens with one attached hydrogen (secondary N) is 1. The summed E-state index contributed by atoms with van der Waals surface area (Å²) in [6.45, 7) is 5.69. The molecule has 1 aliphatic carbocycles. The van der Waals surface area contributed by atoms with Crippen LogP contribution in [-0.4, -0.2) is 12.6 Å². The van der Waals surface area contributed by atoms with E-state index in [1.165, 1.54) is 24.8 Å². The van der Waals surface area contributed by atoms with E-state index in [0.717, 1.165) is 24.8 Å². The van der Waals surface area contributed by atoms with E-state index in [2.05, 4.69) is 19.2 Å². The third kappa shape index (κ3) is 4.09. The maximum atomic E-state index is 12.8. The van der Waals surface area contributed by atoms with Crippen LogP contribution in [0.4, 0.5) is 4.39 Å². The highest BCUT2D eigenvalue weighted by molar-refractivity contribution is 5.16. The number of rotatable bonds is 5. The average molecular weight is 249 g/mol. The van der Waals surface area contributed by atoms with Gasteiger partial charge in [0.15, 0.2) is 0 Å². The van der Waals surface area contributed by atoms with Crippen LogP contribution < -0.4 is 5.32 Å². The first-order valence-electron chi connectivity index (χ1n) is 7.11. The van der Waals surface area contributed by atoms with Crippen molar-refractivity contribution in [2.75, 3.05) is 6.54 Å². The fourth-order valence-corrected chi connectivity index (χ4v) is 2.92. The molecule has 0 radical (unpaired) electrons. The van der Waals surface area contributed by atoms with Gasteiger partial charge < -0.3 is 5.32 Å². The summed E-state index contributed by atoms with van der Waals surface area (Å²) in [4.78, 5) is 0. The van der Waals surface area contributed by atoms with Gasteiger partial charge in [-0.15, -0.1) is 0 Å². The van der Waals surface area contributed by atoms with Crippen molar-refractivity contribution in [1.29, 1.82) is 0 Å². The van der Waals surface area contributed by atoms with Gasteiger partial charge in [-0.3, -0.25) is 0 Å². The molecule has 1 nitrogen and oxygen atoms in total. The Bertz CT molecular complexity index is 360. The van der Waals surface area contributed by atoms with Gasteiger partial charge in [-0.2, -0.15) is 0 Å². The molecule has 100 valence electrons. The van der Waals surface area contributed by atoms with E-state index in [9.17, 15) is 4.39 Å². The van der Waals surface area contributed by atoms with Crippen molar-refractivity contribution in [3.05, 3.63) is 35.6 Å². The Morgan fingerprint density at radius 1 is 1.28 bits per heavy atom. The monoisotopic (exact) mass is 249 g/mol. The molecule has 1 N–H and O–H groups in total. The normalized spacial score (nSPS) is 25.3. The van der Waals surface area contributed by atoms with Gasteiger partial charge in [-0.25, -0.2) is 4.39 Å². The Morgan fingerprint density at radius 3 is 2.61 bits per heavy atom. The van der Waals surface area contributed by atoms with Crippen molar-refractivity contribution >= 4 is 0 Å². The Morgan fingerprint density at radius 2 is 2.00 bits per heavy atom. The molecule has 1 aromatic rings. The fraction of sp³-hybridized carbons (Fsp3) is 0.625. The first kappa shape index (κ1) is 13.5. The van der Waals surface area contributed by atoms with Crippen molar-refractivity contribution < 1.29 is 4.39 Å². The lowest BCUT2D eigenvalue weighted by molar-refractivity contribution is 0.433. The molecule has 1 aliphatic rings. The molecule has 0 amide bonds. The minimum atomic E-state index is -0.153. The van der Waals surface area contributed by atoms with Crippen molar-refractivity contribution in [3.8, 4) is 0 Å². The first-order chi connectivity index (χ1) is 8.63. The Kier molecular flexibility index (Phi) is 4.76. The Labute approximate surface area is 110 Å². The molecule has 1 saturated carbocycles. The molecule has 3 atom stereocenters. The second-order valence-corrected chi connectivity index (χ2v) is 5.92. The summed E-state index contributed by atoms with van der Waals surface area (Å²) in [6, 6.07) is 7.31. The number of hydrogen-bond donors (Lipinski definition) is 1. The van der Waals surface area contributed by atoms with E-state index in [4.69, 9.17) is 0 Å². The maximum absolute atomic E-state index is 12.8. The zero-order chi connectivity index (χ0) is 13.0. The summed E-state index contributed by atoms with van der Waals surface area (Å²) in [6.07, 6.45) is 5.11. The average Bonchev–Trinajstić information content (AvgIpc) is 2.76.